The van der Waals surface area contributed by atoms with E-state index >= 15 is 0 Å². The Balaban J connectivity index is 2.09. The summed E-state index contributed by atoms with van der Waals surface area (Å²) in [6.07, 6.45) is 1.66. The van der Waals surface area contributed by atoms with Gasteiger partial charge in [-0.1, -0.05) is 22.0 Å². The average molecular weight is 334 g/mol. The van der Waals surface area contributed by atoms with E-state index < -0.39 is 0 Å². The van der Waals surface area contributed by atoms with E-state index in [1.807, 2.05) is 38.1 Å². The molecule has 104 valence electrons. The summed E-state index contributed by atoms with van der Waals surface area (Å²) in [5.74, 6) is -0.219. The monoisotopic (exact) mass is 333 g/mol. The molecular formula is C15H16BrN3O. The lowest BCUT2D eigenvalue weighted by molar-refractivity contribution is 0.102. The highest BCUT2D eigenvalue weighted by atomic mass is 79.9. The fraction of sp³-hybridized carbons (Fsp3) is 0.200. The predicted octanol–water partition coefficient (Wildman–Crippen LogP) is 3.84. The van der Waals surface area contributed by atoms with Crippen molar-refractivity contribution in [3.8, 4) is 0 Å². The summed E-state index contributed by atoms with van der Waals surface area (Å²) in [7, 11) is 0. The van der Waals surface area contributed by atoms with Gasteiger partial charge in [0.25, 0.3) is 5.91 Å². The van der Waals surface area contributed by atoms with Crippen molar-refractivity contribution in [2.75, 3.05) is 17.2 Å². The molecule has 0 radical (unpaired) electrons. The van der Waals surface area contributed by atoms with E-state index in [1.165, 1.54) is 0 Å². The third-order valence-corrected chi connectivity index (χ3v) is 3.66. The second-order valence-electron chi connectivity index (χ2n) is 4.38. The van der Waals surface area contributed by atoms with Gasteiger partial charge in [-0.05, 0) is 43.7 Å². The van der Waals surface area contributed by atoms with Gasteiger partial charge in [0.05, 0.1) is 11.9 Å². The van der Waals surface area contributed by atoms with Crippen molar-refractivity contribution < 1.29 is 4.79 Å². The minimum atomic E-state index is -0.219. The number of pyridine rings is 1. The zero-order valence-electron chi connectivity index (χ0n) is 11.4. The first-order valence-corrected chi connectivity index (χ1v) is 7.17. The number of aromatic nitrogens is 1. The number of hydrogen-bond donors (Lipinski definition) is 2. The second kappa shape index (κ2) is 6.52. The van der Waals surface area contributed by atoms with Crippen molar-refractivity contribution in [3.63, 3.8) is 0 Å². The van der Waals surface area contributed by atoms with E-state index in [2.05, 4.69) is 31.5 Å². The molecule has 0 saturated carbocycles. The lowest BCUT2D eigenvalue weighted by atomic mass is 10.2. The van der Waals surface area contributed by atoms with E-state index in [1.54, 1.807) is 12.3 Å². The average Bonchev–Trinajstić information content (AvgIpc) is 2.44. The molecule has 0 spiro atoms. The van der Waals surface area contributed by atoms with Crippen molar-refractivity contribution in [1.29, 1.82) is 0 Å². The number of nitrogens with zero attached hydrogens (tertiary/aromatic N) is 1. The van der Waals surface area contributed by atoms with Crippen LogP contribution >= 0.6 is 15.9 Å². The third-order valence-electron chi connectivity index (χ3n) is 2.81. The van der Waals surface area contributed by atoms with Crippen LogP contribution in [0.25, 0.3) is 0 Å². The first-order valence-electron chi connectivity index (χ1n) is 6.37. The van der Waals surface area contributed by atoms with Crippen molar-refractivity contribution in [2.45, 2.75) is 13.8 Å². The highest BCUT2D eigenvalue weighted by molar-refractivity contribution is 9.10. The molecule has 2 rings (SSSR count). The van der Waals surface area contributed by atoms with E-state index in [-0.39, 0.29) is 5.91 Å². The van der Waals surface area contributed by atoms with Crippen LogP contribution in [0.2, 0.25) is 0 Å². The van der Waals surface area contributed by atoms with Gasteiger partial charge in [-0.25, -0.2) is 4.98 Å². The van der Waals surface area contributed by atoms with Crippen LogP contribution in [-0.2, 0) is 0 Å². The highest BCUT2D eigenvalue weighted by Gasteiger charge is 2.08. The van der Waals surface area contributed by atoms with Crippen LogP contribution < -0.4 is 10.6 Å². The summed E-state index contributed by atoms with van der Waals surface area (Å²) in [6.45, 7) is 4.83. The number of carbonyl (C=O) groups is 1. The van der Waals surface area contributed by atoms with Crippen molar-refractivity contribution in [2.24, 2.45) is 0 Å². The largest absolute Gasteiger partial charge is 0.384 e. The maximum absolute atomic E-state index is 12.1. The number of aryl methyl sites for hydroxylation is 1. The zero-order chi connectivity index (χ0) is 14.5. The molecule has 0 aliphatic rings. The van der Waals surface area contributed by atoms with Gasteiger partial charge >= 0.3 is 0 Å². The molecule has 1 amide bonds. The van der Waals surface area contributed by atoms with Crippen molar-refractivity contribution >= 4 is 33.2 Å². The molecule has 1 heterocycles. The molecule has 0 atom stereocenters. The van der Waals surface area contributed by atoms with Gasteiger partial charge in [0.15, 0.2) is 0 Å². The summed E-state index contributed by atoms with van der Waals surface area (Å²) in [4.78, 5) is 16.2. The summed E-state index contributed by atoms with van der Waals surface area (Å²) >= 11 is 3.44. The first-order chi connectivity index (χ1) is 9.60. The van der Waals surface area contributed by atoms with Crippen LogP contribution in [0, 0.1) is 6.92 Å². The summed E-state index contributed by atoms with van der Waals surface area (Å²) in [6, 6.07) is 9.24. The van der Waals surface area contributed by atoms with Crippen LogP contribution in [0.4, 0.5) is 11.4 Å². The van der Waals surface area contributed by atoms with Crippen molar-refractivity contribution in [3.05, 3.63) is 52.3 Å². The molecule has 0 saturated heterocycles. The Morgan fingerprint density at radius 2 is 2.00 bits per heavy atom. The minimum Gasteiger partial charge on any atom is -0.384 e. The fourth-order valence-electron chi connectivity index (χ4n) is 1.70. The lowest BCUT2D eigenvalue weighted by Gasteiger charge is -2.07. The van der Waals surface area contributed by atoms with Crippen LogP contribution in [0.1, 0.15) is 23.0 Å². The molecule has 0 aliphatic carbocycles. The normalized spacial score (nSPS) is 10.2. The van der Waals surface area contributed by atoms with Gasteiger partial charge in [0.1, 0.15) is 5.69 Å². The minimum absolute atomic E-state index is 0.219. The van der Waals surface area contributed by atoms with Crippen LogP contribution in [0.3, 0.4) is 0 Å². The van der Waals surface area contributed by atoms with Crippen LogP contribution in [-0.4, -0.2) is 17.4 Å². The number of benzene rings is 1. The molecule has 2 aromatic rings. The number of amides is 1. The number of hydrogen-bond acceptors (Lipinski definition) is 3. The molecule has 0 aliphatic heterocycles. The Morgan fingerprint density at radius 3 is 2.60 bits per heavy atom. The molecule has 1 aromatic carbocycles. The Bertz CT molecular complexity index is 611. The summed E-state index contributed by atoms with van der Waals surface area (Å²) in [5.41, 5.74) is 3.16. The smallest absolute Gasteiger partial charge is 0.274 e. The van der Waals surface area contributed by atoms with Crippen LogP contribution in [0.5, 0.6) is 0 Å². The second-order valence-corrected chi connectivity index (χ2v) is 5.23. The number of carbonyl (C=O) groups excluding carboxylic acids is 1. The number of halogens is 1. The Labute approximate surface area is 126 Å². The molecule has 4 nitrogen and oxygen atoms in total. The molecule has 0 fully saturated rings. The summed E-state index contributed by atoms with van der Waals surface area (Å²) in [5, 5.41) is 5.96. The van der Waals surface area contributed by atoms with Gasteiger partial charge in [0, 0.05) is 16.7 Å². The standard InChI is InChI=1S/C15H16BrN3O/c1-3-17-12-6-7-14(18-9-12)15(20)19-11-5-4-10(2)13(16)8-11/h4-9,17H,3H2,1-2H3,(H,19,20). The van der Waals surface area contributed by atoms with Crippen molar-refractivity contribution in [1.82, 2.24) is 4.98 Å². The summed E-state index contributed by atoms with van der Waals surface area (Å²) < 4.78 is 0.964. The molecule has 0 bridgehead atoms. The SMILES string of the molecule is CCNc1ccc(C(=O)Nc2ccc(C)c(Br)c2)nc1. The van der Waals surface area contributed by atoms with Gasteiger partial charge in [-0.3, -0.25) is 4.79 Å². The molecular weight excluding hydrogens is 318 g/mol. The van der Waals surface area contributed by atoms with Gasteiger partial charge in [-0.2, -0.15) is 0 Å². The maximum atomic E-state index is 12.1. The molecule has 20 heavy (non-hydrogen) atoms. The molecule has 1 aromatic heterocycles. The fourth-order valence-corrected chi connectivity index (χ4v) is 2.08. The van der Waals surface area contributed by atoms with Gasteiger partial charge in [-0.15, -0.1) is 0 Å². The Hall–Kier alpha value is -1.88. The Morgan fingerprint density at radius 1 is 1.25 bits per heavy atom. The zero-order valence-corrected chi connectivity index (χ0v) is 13.0. The number of anilines is 2. The Kier molecular flexibility index (Phi) is 4.74. The van der Waals surface area contributed by atoms with E-state index in [0.29, 0.717) is 5.69 Å². The van der Waals surface area contributed by atoms with Gasteiger partial charge in [0.2, 0.25) is 0 Å². The van der Waals surface area contributed by atoms with Crippen LogP contribution in [0.15, 0.2) is 41.0 Å². The molecule has 5 heteroatoms. The van der Waals surface area contributed by atoms with Gasteiger partial charge < -0.3 is 10.6 Å². The molecule has 0 unspecified atom stereocenters. The number of rotatable bonds is 4. The number of nitrogens with one attached hydrogen (secondary N) is 2. The third kappa shape index (κ3) is 3.57. The lowest BCUT2D eigenvalue weighted by Crippen LogP contribution is -2.13. The highest BCUT2D eigenvalue weighted by Crippen LogP contribution is 2.21. The topological polar surface area (TPSA) is 54.0 Å². The first kappa shape index (κ1) is 14.5. The maximum Gasteiger partial charge on any atom is 0.274 e. The van der Waals surface area contributed by atoms with E-state index in [4.69, 9.17) is 0 Å². The van der Waals surface area contributed by atoms with E-state index in [9.17, 15) is 4.79 Å². The predicted molar refractivity (Wildman–Crippen MR) is 85.2 cm³/mol. The van der Waals surface area contributed by atoms with E-state index in [0.717, 1.165) is 28.0 Å². The molecule has 2 N–H and O–H groups in total. The quantitative estimate of drug-likeness (QED) is 0.893.